The maximum atomic E-state index is 13.5. The Hall–Kier alpha value is -4.05. The maximum absolute atomic E-state index is 13.5. The van der Waals surface area contributed by atoms with Crippen molar-refractivity contribution in [2.24, 2.45) is 0 Å². The van der Waals surface area contributed by atoms with Gasteiger partial charge < -0.3 is 14.8 Å². The van der Waals surface area contributed by atoms with E-state index in [-0.39, 0.29) is 31.2 Å². The number of piperidine rings is 1. The predicted molar refractivity (Wildman–Crippen MR) is 129 cm³/mol. The van der Waals surface area contributed by atoms with Gasteiger partial charge >= 0.3 is 0 Å². The van der Waals surface area contributed by atoms with Crippen LogP contribution in [0.15, 0.2) is 54.9 Å². The number of carbonyl (C=O) groups excluding carboxylic acids is 1. The van der Waals surface area contributed by atoms with E-state index in [1.807, 2.05) is 29.2 Å². The average Bonchev–Trinajstić information content (AvgIpc) is 3.52. The third kappa shape index (κ3) is 4.47. The van der Waals surface area contributed by atoms with E-state index < -0.39 is 5.92 Å². The van der Waals surface area contributed by atoms with E-state index in [1.54, 1.807) is 30.6 Å². The molecule has 1 fully saturated rings. The molecule has 184 valence electrons. The van der Waals surface area contributed by atoms with Crippen LogP contribution < -0.4 is 14.8 Å². The molecule has 0 spiro atoms. The second kappa shape index (κ2) is 8.87. The molecule has 8 nitrogen and oxygen atoms in total. The Labute approximate surface area is 205 Å². The lowest BCUT2D eigenvalue weighted by molar-refractivity contribution is -0.0566. The fourth-order valence-corrected chi connectivity index (χ4v) is 4.56. The van der Waals surface area contributed by atoms with Crippen molar-refractivity contribution >= 4 is 22.5 Å². The standard InChI is InChI=1S/C26H23F2N5O3/c27-26(28)5-7-33(8-6-26)14-16-9-18(13-29-12-16)17-1-3-21-20(10-17)24(32-31-21)25(34)30-19-2-4-22-23(11-19)36-15-35-22/h1-4,9-13H,5-8,14-15H2,(H,30,34)(H,31,32). The molecule has 36 heavy (non-hydrogen) atoms. The molecule has 6 rings (SSSR count). The number of aromatic amines is 1. The van der Waals surface area contributed by atoms with Gasteiger partial charge in [0.2, 0.25) is 6.79 Å². The first-order valence-electron chi connectivity index (χ1n) is 11.7. The van der Waals surface area contributed by atoms with Crippen molar-refractivity contribution in [1.82, 2.24) is 20.1 Å². The highest BCUT2D eigenvalue weighted by Gasteiger charge is 2.33. The van der Waals surface area contributed by atoms with Gasteiger partial charge in [0.05, 0.1) is 5.52 Å². The number of nitrogens with zero attached hydrogens (tertiary/aromatic N) is 3. The van der Waals surface area contributed by atoms with Crippen LogP contribution in [0, 0.1) is 0 Å². The summed E-state index contributed by atoms with van der Waals surface area (Å²) in [7, 11) is 0. The molecule has 10 heteroatoms. The summed E-state index contributed by atoms with van der Waals surface area (Å²) in [5, 5.41) is 10.7. The molecular weight excluding hydrogens is 468 g/mol. The van der Waals surface area contributed by atoms with Crippen LogP contribution >= 0.6 is 0 Å². The number of likely N-dealkylation sites (tertiary alicyclic amines) is 1. The predicted octanol–water partition coefficient (Wildman–Crippen LogP) is 4.84. The summed E-state index contributed by atoms with van der Waals surface area (Å²) in [6.07, 6.45) is 3.28. The Balaban J connectivity index is 1.22. The van der Waals surface area contributed by atoms with Gasteiger partial charge in [-0.1, -0.05) is 6.07 Å². The molecule has 4 aromatic rings. The molecule has 1 saturated heterocycles. The molecule has 2 aliphatic heterocycles. The van der Waals surface area contributed by atoms with E-state index in [2.05, 4.69) is 20.5 Å². The number of rotatable bonds is 5. The van der Waals surface area contributed by atoms with Crippen molar-refractivity contribution in [3.05, 3.63) is 66.1 Å². The van der Waals surface area contributed by atoms with Crippen molar-refractivity contribution in [2.45, 2.75) is 25.3 Å². The zero-order valence-electron chi connectivity index (χ0n) is 19.3. The lowest BCUT2D eigenvalue weighted by Gasteiger charge is -2.31. The average molecular weight is 491 g/mol. The van der Waals surface area contributed by atoms with Crippen LogP contribution in [0.3, 0.4) is 0 Å². The molecule has 2 aromatic heterocycles. The van der Waals surface area contributed by atoms with Gasteiger partial charge in [-0.15, -0.1) is 0 Å². The van der Waals surface area contributed by atoms with E-state index in [0.717, 1.165) is 22.2 Å². The molecule has 0 unspecified atom stereocenters. The number of carbonyl (C=O) groups is 1. The Morgan fingerprint density at radius 3 is 2.72 bits per heavy atom. The molecule has 0 saturated carbocycles. The van der Waals surface area contributed by atoms with Crippen molar-refractivity contribution in [3.63, 3.8) is 0 Å². The van der Waals surface area contributed by atoms with Gasteiger partial charge in [-0.3, -0.25) is 19.8 Å². The van der Waals surface area contributed by atoms with Crippen LogP contribution in [0.5, 0.6) is 11.5 Å². The number of nitrogens with one attached hydrogen (secondary N) is 2. The molecule has 4 heterocycles. The molecule has 0 bridgehead atoms. The third-order valence-electron chi connectivity index (χ3n) is 6.53. The fourth-order valence-electron chi connectivity index (χ4n) is 4.56. The van der Waals surface area contributed by atoms with Crippen molar-refractivity contribution in [2.75, 3.05) is 25.2 Å². The van der Waals surface area contributed by atoms with Crippen LogP contribution in [0.25, 0.3) is 22.0 Å². The normalized spacial score (nSPS) is 16.8. The summed E-state index contributed by atoms with van der Waals surface area (Å²) in [6, 6.07) is 12.9. The van der Waals surface area contributed by atoms with Gasteiger partial charge in [-0.05, 0) is 41.5 Å². The van der Waals surface area contributed by atoms with Crippen LogP contribution in [0.1, 0.15) is 28.9 Å². The van der Waals surface area contributed by atoms with Crippen LogP contribution in [-0.4, -0.2) is 51.8 Å². The zero-order chi connectivity index (χ0) is 24.7. The number of pyridine rings is 1. The summed E-state index contributed by atoms with van der Waals surface area (Å²) in [6.45, 7) is 1.44. The molecule has 1 amide bonds. The molecule has 0 radical (unpaired) electrons. The second-order valence-corrected chi connectivity index (χ2v) is 9.07. The molecule has 2 N–H and O–H groups in total. The molecule has 0 aliphatic carbocycles. The van der Waals surface area contributed by atoms with E-state index >= 15 is 0 Å². The summed E-state index contributed by atoms with van der Waals surface area (Å²) >= 11 is 0. The van der Waals surface area contributed by atoms with Crippen LogP contribution in [0.2, 0.25) is 0 Å². The van der Waals surface area contributed by atoms with E-state index in [4.69, 9.17) is 9.47 Å². The number of fused-ring (bicyclic) bond motifs is 2. The number of halogens is 2. The Morgan fingerprint density at radius 1 is 1.03 bits per heavy atom. The van der Waals surface area contributed by atoms with Crippen LogP contribution in [-0.2, 0) is 6.54 Å². The monoisotopic (exact) mass is 491 g/mol. The number of ether oxygens (including phenoxy) is 2. The van der Waals surface area contributed by atoms with Gasteiger partial charge in [0, 0.05) is 67.6 Å². The largest absolute Gasteiger partial charge is 0.454 e. The van der Waals surface area contributed by atoms with Gasteiger partial charge in [-0.2, -0.15) is 5.10 Å². The smallest absolute Gasteiger partial charge is 0.276 e. The lowest BCUT2D eigenvalue weighted by Crippen LogP contribution is -2.38. The van der Waals surface area contributed by atoms with Crippen molar-refractivity contribution < 1.29 is 23.0 Å². The topological polar surface area (TPSA) is 92.4 Å². The van der Waals surface area contributed by atoms with Gasteiger partial charge in [0.15, 0.2) is 17.2 Å². The zero-order valence-corrected chi connectivity index (χ0v) is 19.3. The van der Waals surface area contributed by atoms with E-state index in [0.29, 0.717) is 42.2 Å². The van der Waals surface area contributed by atoms with Crippen molar-refractivity contribution in [3.8, 4) is 22.6 Å². The summed E-state index contributed by atoms with van der Waals surface area (Å²) < 4.78 is 37.7. The number of aromatic nitrogens is 3. The van der Waals surface area contributed by atoms with E-state index in [9.17, 15) is 13.6 Å². The quantitative estimate of drug-likeness (QED) is 0.415. The van der Waals surface area contributed by atoms with Gasteiger partial charge in [-0.25, -0.2) is 8.78 Å². The number of amides is 1. The second-order valence-electron chi connectivity index (χ2n) is 9.07. The molecule has 0 atom stereocenters. The molecular formula is C26H23F2N5O3. The highest BCUT2D eigenvalue weighted by molar-refractivity contribution is 6.11. The first kappa shape index (κ1) is 22.4. The number of benzene rings is 2. The lowest BCUT2D eigenvalue weighted by atomic mass is 10.0. The number of H-pyrrole nitrogens is 1. The van der Waals surface area contributed by atoms with Crippen molar-refractivity contribution in [1.29, 1.82) is 0 Å². The summed E-state index contributed by atoms with van der Waals surface area (Å²) in [5.41, 5.74) is 4.27. The maximum Gasteiger partial charge on any atom is 0.276 e. The SMILES string of the molecule is O=C(Nc1ccc2c(c1)OCO2)c1n[nH]c2ccc(-c3cncc(CN4CCC(F)(F)CC4)c3)cc12. The Kier molecular flexibility index (Phi) is 5.52. The summed E-state index contributed by atoms with van der Waals surface area (Å²) in [5.74, 6) is -1.71. The molecule has 2 aliphatic rings. The summed E-state index contributed by atoms with van der Waals surface area (Å²) in [4.78, 5) is 19.4. The Morgan fingerprint density at radius 2 is 1.86 bits per heavy atom. The first-order valence-corrected chi connectivity index (χ1v) is 11.7. The van der Waals surface area contributed by atoms with Gasteiger partial charge in [0.25, 0.3) is 11.8 Å². The minimum absolute atomic E-state index is 0.117. The number of hydrogen-bond acceptors (Lipinski definition) is 6. The first-order chi connectivity index (χ1) is 17.4. The highest BCUT2D eigenvalue weighted by Crippen LogP contribution is 2.35. The highest BCUT2D eigenvalue weighted by atomic mass is 19.3. The Bertz CT molecular complexity index is 1440. The number of alkyl halides is 2. The minimum Gasteiger partial charge on any atom is -0.454 e. The number of hydrogen-bond donors (Lipinski definition) is 2. The third-order valence-corrected chi connectivity index (χ3v) is 6.53. The fraction of sp³-hybridized carbons (Fsp3) is 0.269. The van der Waals surface area contributed by atoms with Gasteiger partial charge in [0.1, 0.15) is 0 Å². The number of anilines is 1. The minimum atomic E-state index is -2.57. The molecule has 2 aromatic carbocycles. The van der Waals surface area contributed by atoms with Crippen LogP contribution in [0.4, 0.5) is 14.5 Å². The van der Waals surface area contributed by atoms with E-state index in [1.165, 1.54) is 0 Å².